The maximum absolute atomic E-state index is 14.0. The molecule has 0 N–H and O–H groups in total. The van der Waals surface area contributed by atoms with Crippen LogP contribution < -0.4 is 0 Å². The van der Waals surface area contributed by atoms with Gasteiger partial charge < -0.3 is 9.42 Å². The summed E-state index contributed by atoms with van der Waals surface area (Å²) in [7, 11) is 1.75. The molecule has 2 aromatic heterocycles. The molecule has 3 aromatic rings. The molecule has 1 fully saturated rings. The van der Waals surface area contributed by atoms with Crippen LogP contribution in [0.15, 0.2) is 40.2 Å². The molecule has 3 heterocycles. The number of hydrogen-bond acceptors (Lipinski definition) is 6. The zero-order valence-corrected chi connectivity index (χ0v) is 18.1. The van der Waals surface area contributed by atoms with Gasteiger partial charge in [0.15, 0.2) is 0 Å². The number of piperidine rings is 1. The fraction of sp³-hybridized carbons (Fsp3) is 0.381. The smallest absolute Gasteiger partial charge is 0.246 e. The Hall–Kier alpha value is -2.29. The van der Waals surface area contributed by atoms with Crippen molar-refractivity contribution in [3.63, 3.8) is 0 Å². The molecule has 158 valence electrons. The number of aromatic nitrogens is 2. The van der Waals surface area contributed by atoms with Crippen LogP contribution in [-0.4, -0.2) is 46.0 Å². The number of hydrogen-bond donors (Lipinski definition) is 0. The second-order valence-electron chi connectivity index (χ2n) is 7.43. The van der Waals surface area contributed by atoms with Gasteiger partial charge in [0.05, 0.1) is 11.4 Å². The maximum atomic E-state index is 14.0. The summed E-state index contributed by atoms with van der Waals surface area (Å²) in [5.74, 6) is 0.667. The van der Waals surface area contributed by atoms with Crippen molar-refractivity contribution in [3.05, 3.63) is 58.0 Å². The lowest BCUT2D eigenvalue weighted by Crippen LogP contribution is -2.40. The lowest BCUT2D eigenvalue weighted by molar-refractivity contribution is -0.136. The fourth-order valence-corrected chi connectivity index (χ4v) is 4.53. The second-order valence-corrected chi connectivity index (χ2v) is 8.79. The van der Waals surface area contributed by atoms with E-state index >= 15 is 0 Å². The van der Waals surface area contributed by atoms with Crippen molar-refractivity contribution in [2.24, 2.45) is 5.92 Å². The minimum absolute atomic E-state index is 0.0643. The summed E-state index contributed by atoms with van der Waals surface area (Å²) in [6.07, 6.45) is 1.44. The van der Waals surface area contributed by atoms with Gasteiger partial charge in [-0.1, -0.05) is 28.9 Å². The number of likely N-dealkylation sites (tertiary alicyclic amines) is 1. The minimum Gasteiger partial charge on any atom is -0.337 e. The number of halogens is 2. The van der Waals surface area contributed by atoms with Crippen molar-refractivity contribution in [2.75, 3.05) is 20.1 Å². The molecular weight excluding hydrogens is 427 g/mol. The third-order valence-corrected chi connectivity index (χ3v) is 6.56. The summed E-state index contributed by atoms with van der Waals surface area (Å²) in [4.78, 5) is 21.9. The highest BCUT2D eigenvalue weighted by molar-refractivity contribution is 7.13. The monoisotopic (exact) mass is 448 g/mol. The predicted octanol–water partition coefficient (Wildman–Crippen LogP) is 4.46. The van der Waals surface area contributed by atoms with Crippen LogP contribution in [0.25, 0.3) is 10.7 Å². The maximum Gasteiger partial charge on any atom is 0.246 e. The molecule has 30 heavy (non-hydrogen) atoms. The van der Waals surface area contributed by atoms with Gasteiger partial charge in [-0.3, -0.25) is 9.69 Å². The summed E-state index contributed by atoms with van der Waals surface area (Å²) in [5, 5.41) is 6.38. The summed E-state index contributed by atoms with van der Waals surface area (Å²) < 4.78 is 19.3. The first-order chi connectivity index (χ1) is 14.5. The molecule has 0 radical (unpaired) electrons. The molecule has 0 saturated carbocycles. The molecule has 0 unspecified atom stereocenters. The molecule has 1 aromatic carbocycles. The Bertz CT molecular complexity index is 982. The van der Waals surface area contributed by atoms with E-state index in [1.54, 1.807) is 24.1 Å². The van der Waals surface area contributed by atoms with Gasteiger partial charge in [-0.05, 0) is 49.5 Å². The average Bonchev–Trinajstić information content (AvgIpc) is 3.43. The zero-order chi connectivity index (χ0) is 21.1. The van der Waals surface area contributed by atoms with E-state index in [1.165, 1.54) is 17.4 Å². The highest BCUT2D eigenvalue weighted by atomic mass is 35.5. The first-order valence-electron chi connectivity index (χ1n) is 9.78. The van der Waals surface area contributed by atoms with Crippen LogP contribution in [0.4, 0.5) is 4.39 Å². The lowest BCUT2D eigenvalue weighted by atomic mass is 9.95. The van der Waals surface area contributed by atoms with E-state index in [0.29, 0.717) is 28.8 Å². The van der Waals surface area contributed by atoms with Gasteiger partial charge in [-0.2, -0.15) is 4.98 Å². The molecule has 0 spiro atoms. The van der Waals surface area contributed by atoms with Crippen LogP contribution in [0.5, 0.6) is 0 Å². The van der Waals surface area contributed by atoms with E-state index in [0.717, 1.165) is 30.8 Å². The highest BCUT2D eigenvalue weighted by Crippen LogP contribution is 2.26. The quantitative estimate of drug-likeness (QED) is 0.557. The Kier molecular flexibility index (Phi) is 6.46. The van der Waals surface area contributed by atoms with Crippen LogP contribution in [-0.2, 0) is 17.9 Å². The van der Waals surface area contributed by atoms with Crippen molar-refractivity contribution >= 4 is 28.8 Å². The molecular formula is C21H22ClFN4O2S. The summed E-state index contributed by atoms with van der Waals surface area (Å²) >= 11 is 7.67. The third kappa shape index (κ3) is 4.71. The Morgan fingerprint density at radius 2 is 2.13 bits per heavy atom. The van der Waals surface area contributed by atoms with Gasteiger partial charge in [0.2, 0.25) is 17.6 Å². The summed E-state index contributed by atoms with van der Waals surface area (Å²) in [6.45, 7) is 2.17. The molecule has 4 rings (SSSR count). The normalized spacial score (nSPS) is 15.4. The predicted molar refractivity (Wildman–Crippen MR) is 113 cm³/mol. The van der Waals surface area contributed by atoms with E-state index in [1.807, 2.05) is 17.5 Å². The molecule has 0 bridgehead atoms. The van der Waals surface area contributed by atoms with Gasteiger partial charge >= 0.3 is 0 Å². The number of carbonyl (C=O) groups is 1. The van der Waals surface area contributed by atoms with Crippen LogP contribution >= 0.6 is 22.9 Å². The van der Waals surface area contributed by atoms with E-state index < -0.39 is 0 Å². The average molecular weight is 449 g/mol. The van der Waals surface area contributed by atoms with Crippen molar-refractivity contribution in [1.82, 2.24) is 19.9 Å². The number of thiophene rings is 1. The Labute approximate surface area is 183 Å². The second kappa shape index (κ2) is 9.24. The van der Waals surface area contributed by atoms with E-state index in [-0.39, 0.29) is 24.2 Å². The largest absolute Gasteiger partial charge is 0.337 e. The SMILES string of the molecule is CN(Cc1nc(-c2cccs2)no1)C(=O)C1CCN(Cc2c(F)cccc2Cl)CC1. The molecule has 1 aliphatic heterocycles. The topological polar surface area (TPSA) is 62.5 Å². The Balaban J connectivity index is 1.29. The molecule has 9 heteroatoms. The Morgan fingerprint density at radius 1 is 1.33 bits per heavy atom. The number of carbonyl (C=O) groups excluding carboxylic acids is 1. The van der Waals surface area contributed by atoms with Crippen LogP contribution in [0.2, 0.25) is 5.02 Å². The van der Waals surface area contributed by atoms with Crippen molar-refractivity contribution < 1.29 is 13.7 Å². The standard InChI is InChI=1S/C21H22ClFN4O2S/c1-26(13-19-24-20(25-29-19)18-6-3-11-30-18)21(28)14-7-9-27(10-8-14)12-15-16(22)4-2-5-17(15)23/h2-6,11,14H,7-10,12-13H2,1H3. The summed E-state index contributed by atoms with van der Waals surface area (Å²) in [5.41, 5.74) is 0.513. The molecule has 6 nitrogen and oxygen atoms in total. The number of rotatable bonds is 6. The van der Waals surface area contributed by atoms with Crippen molar-refractivity contribution in [3.8, 4) is 10.7 Å². The molecule has 0 aliphatic carbocycles. The van der Waals surface area contributed by atoms with Gasteiger partial charge in [0, 0.05) is 30.1 Å². The molecule has 1 saturated heterocycles. The third-order valence-electron chi connectivity index (χ3n) is 5.34. The van der Waals surface area contributed by atoms with E-state index in [2.05, 4.69) is 15.0 Å². The number of benzene rings is 1. The van der Waals surface area contributed by atoms with E-state index in [4.69, 9.17) is 16.1 Å². The van der Waals surface area contributed by atoms with Crippen LogP contribution in [0, 0.1) is 11.7 Å². The minimum atomic E-state index is -0.290. The number of amides is 1. The Morgan fingerprint density at radius 3 is 2.83 bits per heavy atom. The van der Waals surface area contributed by atoms with Crippen molar-refractivity contribution in [1.29, 1.82) is 0 Å². The summed E-state index contributed by atoms with van der Waals surface area (Å²) in [6, 6.07) is 8.59. The van der Waals surface area contributed by atoms with Gasteiger partial charge in [0.1, 0.15) is 5.82 Å². The fourth-order valence-electron chi connectivity index (χ4n) is 3.66. The number of nitrogens with zero attached hydrogens (tertiary/aromatic N) is 4. The van der Waals surface area contributed by atoms with Crippen molar-refractivity contribution in [2.45, 2.75) is 25.9 Å². The van der Waals surface area contributed by atoms with E-state index in [9.17, 15) is 9.18 Å². The first-order valence-corrected chi connectivity index (χ1v) is 11.0. The first kappa shape index (κ1) is 21.0. The zero-order valence-electron chi connectivity index (χ0n) is 16.6. The van der Waals surface area contributed by atoms with Gasteiger partial charge in [0.25, 0.3) is 0 Å². The van der Waals surface area contributed by atoms with Crippen LogP contribution in [0.3, 0.4) is 0 Å². The van der Waals surface area contributed by atoms with Crippen LogP contribution in [0.1, 0.15) is 24.3 Å². The van der Waals surface area contributed by atoms with Gasteiger partial charge in [-0.25, -0.2) is 4.39 Å². The molecule has 0 atom stereocenters. The molecule has 1 amide bonds. The highest BCUT2D eigenvalue weighted by Gasteiger charge is 2.28. The van der Waals surface area contributed by atoms with Gasteiger partial charge in [-0.15, -0.1) is 11.3 Å². The molecule has 1 aliphatic rings. The lowest BCUT2D eigenvalue weighted by Gasteiger charge is -2.33.